The molecule has 2 amide bonds. The zero-order chi connectivity index (χ0) is 22.1. The van der Waals surface area contributed by atoms with Crippen LogP contribution >= 0.6 is 0 Å². The van der Waals surface area contributed by atoms with Gasteiger partial charge in [-0.2, -0.15) is 0 Å². The maximum atomic E-state index is 12.5. The molecule has 2 N–H and O–H groups in total. The van der Waals surface area contributed by atoms with E-state index in [-0.39, 0.29) is 24.3 Å². The molecule has 0 bridgehead atoms. The number of nitrogens with one attached hydrogen (secondary N) is 2. The summed E-state index contributed by atoms with van der Waals surface area (Å²) in [5.74, 6) is 1.77. The molecular weight excluding hydrogens is 392 g/mol. The fourth-order valence-corrected chi connectivity index (χ4v) is 3.09. The Morgan fingerprint density at radius 3 is 2.00 bits per heavy atom. The van der Waals surface area contributed by atoms with Crippen molar-refractivity contribution in [2.24, 2.45) is 0 Å². The van der Waals surface area contributed by atoms with E-state index in [0.29, 0.717) is 23.8 Å². The molecule has 1 atom stereocenters. The first-order valence-electron chi connectivity index (χ1n) is 10.2. The Hall–Kier alpha value is -3.80. The van der Waals surface area contributed by atoms with Crippen LogP contribution in [0.5, 0.6) is 17.2 Å². The van der Waals surface area contributed by atoms with Gasteiger partial charge in [-0.05, 0) is 61.0 Å². The predicted molar refractivity (Wildman–Crippen MR) is 120 cm³/mol. The largest absolute Gasteiger partial charge is 0.494 e. The van der Waals surface area contributed by atoms with Crippen molar-refractivity contribution in [1.29, 1.82) is 0 Å². The summed E-state index contributed by atoms with van der Waals surface area (Å²) in [5, 5.41) is 5.70. The monoisotopic (exact) mass is 418 g/mol. The molecule has 0 radical (unpaired) electrons. The third-order valence-electron chi connectivity index (χ3n) is 4.48. The standard InChI is InChI=1S/C25H26N2O4/c1-3-30-21-13-15-23(16-14-21)31-22-11-9-20(10-12-22)27-25(29)17-24(26-18(2)28)19-7-5-4-6-8-19/h4-16,24H,3,17H2,1-2H3,(H,26,28)(H,27,29)/t24-/m1/s1. The van der Waals surface area contributed by atoms with Crippen LogP contribution in [-0.2, 0) is 9.59 Å². The van der Waals surface area contributed by atoms with Gasteiger partial charge in [-0.25, -0.2) is 0 Å². The highest BCUT2D eigenvalue weighted by atomic mass is 16.5. The van der Waals surface area contributed by atoms with Crippen LogP contribution in [0.3, 0.4) is 0 Å². The summed E-state index contributed by atoms with van der Waals surface area (Å²) in [6.45, 7) is 3.99. The van der Waals surface area contributed by atoms with E-state index in [2.05, 4.69) is 10.6 Å². The Balaban J connectivity index is 1.58. The third kappa shape index (κ3) is 6.89. The number of hydrogen-bond donors (Lipinski definition) is 2. The van der Waals surface area contributed by atoms with Crippen molar-refractivity contribution in [3.05, 3.63) is 84.4 Å². The second-order valence-electron chi connectivity index (χ2n) is 6.95. The summed E-state index contributed by atoms with van der Waals surface area (Å²) >= 11 is 0. The number of carbonyl (C=O) groups is 2. The Bertz CT molecular complexity index is 986. The molecule has 0 aromatic heterocycles. The zero-order valence-corrected chi connectivity index (χ0v) is 17.6. The highest BCUT2D eigenvalue weighted by molar-refractivity contribution is 5.91. The Morgan fingerprint density at radius 1 is 0.839 bits per heavy atom. The third-order valence-corrected chi connectivity index (χ3v) is 4.48. The molecule has 0 saturated carbocycles. The molecule has 6 nitrogen and oxygen atoms in total. The molecular formula is C25H26N2O4. The van der Waals surface area contributed by atoms with Crippen molar-refractivity contribution in [3.8, 4) is 17.2 Å². The topological polar surface area (TPSA) is 76.7 Å². The van der Waals surface area contributed by atoms with Gasteiger partial charge >= 0.3 is 0 Å². The maximum Gasteiger partial charge on any atom is 0.226 e. The van der Waals surface area contributed by atoms with Crippen molar-refractivity contribution in [2.45, 2.75) is 26.3 Å². The number of ether oxygens (including phenoxy) is 2. The fraction of sp³-hybridized carbons (Fsp3) is 0.200. The van der Waals surface area contributed by atoms with Crippen molar-refractivity contribution >= 4 is 17.5 Å². The van der Waals surface area contributed by atoms with Gasteiger partial charge in [-0.15, -0.1) is 0 Å². The van der Waals surface area contributed by atoms with Crippen molar-refractivity contribution in [1.82, 2.24) is 5.32 Å². The normalized spacial score (nSPS) is 11.3. The molecule has 6 heteroatoms. The average molecular weight is 418 g/mol. The molecule has 3 rings (SSSR count). The van der Waals surface area contributed by atoms with Crippen molar-refractivity contribution in [3.63, 3.8) is 0 Å². The summed E-state index contributed by atoms with van der Waals surface area (Å²) in [5.41, 5.74) is 1.53. The van der Waals surface area contributed by atoms with Crippen LogP contribution in [0.2, 0.25) is 0 Å². The van der Waals surface area contributed by atoms with E-state index in [4.69, 9.17) is 9.47 Å². The quantitative estimate of drug-likeness (QED) is 0.508. The van der Waals surface area contributed by atoms with Gasteiger partial charge in [0.15, 0.2) is 0 Å². The van der Waals surface area contributed by atoms with Crippen LogP contribution in [0.4, 0.5) is 5.69 Å². The molecule has 0 aliphatic carbocycles. The highest BCUT2D eigenvalue weighted by Gasteiger charge is 2.17. The minimum atomic E-state index is -0.388. The van der Waals surface area contributed by atoms with Gasteiger partial charge in [0.1, 0.15) is 17.2 Å². The van der Waals surface area contributed by atoms with Gasteiger partial charge < -0.3 is 20.1 Å². The smallest absolute Gasteiger partial charge is 0.226 e. The minimum Gasteiger partial charge on any atom is -0.494 e. The minimum absolute atomic E-state index is 0.133. The summed E-state index contributed by atoms with van der Waals surface area (Å²) in [6, 6.07) is 23.6. The number of rotatable bonds is 9. The van der Waals surface area contributed by atoms with Gasteiger partial charge in [0.2, 0.25) is 11.8 Å². The Morgan fingerprint density at radius 2 is 1.42 bits per heavy atom. The zero-order valence-electron chi connectivity index (χ0n) is 17.6. The number of carbonyl (C=O) groups excluding carboxylic acids is 2. The SMILES string of the molecule is CCOc1ccc(Oc2ccc(NC(=O)C[C@@H](NC(C)=O)c3ccccc3)cc2)cc1. The van der Waals surface area contributed by atoms with Gasteiger partial charge in [0.05, 0.1) is 19.1 Å². The molecule has 3 aromatic rings. The van der Waals surface area contributed by atoms with Crippen LogP contribution < -0.4 is 20.1 Å². The van der Waals surface area contributed by atoms with Crippen LogP contribution in [0.15, 0.2) is 78.9 Å². The average Bonchev–Trinajstić information content (AvgIpc) is 2.76. The molecule has 3 aromatic carbocycles. The molecule has 0 unspecified atom stereocenters. The molecule has 0 spiro atoms. The Kier molecular flexibility index (Phi) is 7.65. The molecule has 0 aliphatic rings. The van der Waals surface area contributed by atoms with E-state index in [9.17, 15) is 9.59 Å². The summed E-state index contributed by atoms with van der Waals surface area (Å²) in [7, 11) is 0. The molecule has 0 heterocycles. The van der Waals surface area contributed by atoms with Crippen LogP contribution in [0.1, 0.15) is 31.9 Å². The first kappa shape index (κ1) is 21.9. The summed E-state index contributed by atoms with van der Waals surface area (Å²) < 4.78 is 11.2. The lowest BCUT2D eigenvalue weighted by Crippen LogP contribution is -2.29. The molecule has 0 fully saturated rings. The van der Waals surface area contributed by atoms with Crippen LogP contribution in [0, 0.1) is 0 Å². The maximum absolute atomic E-state index is 12.5. The Labute approximate surface area is 182 Å². The lowest BCUT2D eigenvalue weighted by Gasteiger charge is -2.18. The summed E-state index contributed by atoms with van der Waals surface area (Å²) in [6.07, 6.45) is 0.133. The first-order chi connectivity index (χ1) is 15.0. The molecule has 31 heavy (non-hydrogen) atoms. The van der Waals surface area contributed by atoms with Gasteiger partial charge in [-0.1, -0.05) is 30.3 Å². The van der Waals surface area contributed by atoms with E-state index in [0.717, 1.165) is 11.3 Å². The number of amides is 2. The lowest BCUT2D eigenvalue weighted by atomic mass is 10.0. The number of hydrogen-bond acceptors (Lipinski definition) is 4. The molecule has 0 saturated heterocycles. The predicted octanol–water partition coefficient (Wildman–Crippen LogP) is 5.08. The number of benzene rings is 3. The highest BCUT2D eigenvalue weighted by Crippen LogP contribution is 2.25. The van der Waals surface area contributed by atoms with Gasteiger partial charge in [0, 0.05) is 12.6 Å². The second kappa shape index (κ2) is 10.8. The summed E-state index contributed by atoms with van der Waals surface area (Å²) in [4.78, 5) is 24.1. The van der Waals surface area contributed by atoms with E-state index >= 15 is 0 Å². The van der Waals surface area contributed by atoms with Crippen LogP contribution in [-0.4, -0.2) is 18.4 Å². The van der Waals surface area contributed by atoms with E-state index in [1.54, 1.807) is 24.3 Å². The first-order valence-corrected chi connectivity index (χ1v) is 10.2. The van der Waals surface area contributed by atoms with Crippen molar-refractivity contribution in [2.75, 3.05) is 11.9 Å². The second-order valence-corrected chi connectivity index (χ2v) is 6.95. The molecule has 160 valence electrons. The van der Waals surface area contributed by atoms with E-state index < -0.39 is 0 Å². The molecule has 0 aliphatic heterocycles. The van der Waals surface area contributed by atoms with Crippen molar-refractivity contribution < 1.29 is 19.1 Å². The van der Waals surface area contributed by atoms with Gasteiger partial charge in [0.25, 0.3) is 0 Å². The lowest BCUT2D eigenvalue weighted by molar-refractivity contribution is -0.120. The van der Waals surface area contributed by atoms with Crippen LogP contribution in [0.25, 0.3) is 0 Å². The van der Waals surface area contributed by atoms with E-state index in [1.807, 2.05) is 61.5 Å². The van der Waals surface area contributed by atoms with Gasteiger partial charge in [-0.3, -0.25) is 9.59 Å². The fourth-order valence-electron chi connectivity index (χ4n) is 3.09. The number of anilines is 1. The van der Waals surface area contributed by atoms with E-state index in [1.165, 1.54) is 6.92 Å².